The average Bonchev–Trinajstić information content (AvgIpc) is 1.49. The summed E-state index contributed by atoms with van der Waals surface area (Å²) in [6.45, 7) is 17.1. The van der Waals surface area contributed by atoms with E-state index in [2.05, 4.69) is 45.8 Å². The summed E-state index contributed by atoms with van der Waals surface area (Å²) in [6, 6.07) is 0. The van der Waals surface area contributed by atoms with E-state index in [4.69, 9.17) is 11.1 Å². The van der Waals surface area contributed by atoms with Crippen molar-refractivity contribution in [3.63, 3.8) is 0 Å². The molecule has 4 heteroatoms. The number of hydrogen-bond acceptors (Lipinski definition) is 0. The smallest absolute Gasteiger partial charge is 0.159 e. The third kappa shape index (κ3) is 3.77. The summed E-state index contributed by atoms with van der Waals surface area (Å²) in [6.07, 6.45) is 0. The van der Waals surface area contributed by atoms with Crippen molar-refractivity contribution in [2.24, 2.45) is 0 Å². The Kier molecular flexibility index (Phi) is 4.30. The van der Waals surface area contributed by atoms with E-state index >= 15 is 0 Å². The molecule has 0 heterocycles. The van der Waals surface area contributed by atoms with Crippen LogP contribution in [0.1, 0.15) is 0 Å². The summed E-state index contributed by atoms with van der Waals surface area (Å²) in [5.74, 6) is 0. The van der Waals surface area contributed by atoms with Crippen LogP contribution < -0.4 is 0 Å². The molecule has 0 saturated carbocycles. The maximum absolute atomic E-state index is 6.38. The predicted octanol–water partition coefficient (Wildman–Crippen LogP) is 3.97. The van der Waals surface area contributed by atoms with E-state index in [0.29, 0.717) is 0 Å². The second-order valence-electron chi connectivity index (χ2n) is 5.75. The molecule has 0 amide bonds. The van der Waals surface area contributed by atoms with Crippen molar-refractivity contribution >= 4 is 35.3 Å². The summed E-state index contributed by atoms with van der Waals surface area (Å²) in [5.41, 5.74) is 0. The van der Waals surface area contributed by atoms with Gasteiger partial charge in [-0.05, 0) is 4.79 Å². The van der Waals surface area contributed by atoms with Crippen molar-refractivity contribution in [2.45, 2.75) is 50.6 Å². The Balaban J connectivity index is 4.70. The minimum absolute atomic E-state index is 0.592. The normalized spacial score (nSPS) is 14.5. The largest absolute Gasteiger partial charge is 0.170 e. The summed E-state index contributed by atoms with van der Waals surface area (Å²) < 4.78 is 0. The van der Waals surface area contributed by atoms with E-state index in [-0.39, 0.29) is 0 Å². The van der Waals surface area contributed by atoms with Crippen molar-refractivity contribution in [3.05, 3.63) is 0 Å². The van der Waals surface area contributed by atoms with E-state index in [1.54, 1.807) is 0 Å². The van der Waals surface area contributed by atoms with Gasteiger partial charge in [-0.3, -0.25) is 0 Å². The zero-order valence-electron chi connectivity index (χ0n) is 9.46. The molecule has 0 aliphatic carbocycles. The molecular weight excluding hydrogens is 216 g/mol. The van der Waals surface area contributed by atoms with Crippen LogP contribution >= 0.6 is 11.1 Å². The number of rotatable bonds is 3. The van der Waals surface area contributed by atoms with Crippen LogP contribution in [-0.2, 0) is 0 Å². The standard InChI is InChI=1S/C8H22ClSi3/c1-10(9)8(11(2,3)4)12(5,6)7/h8H,1-7H3. The van der Waals surface area contributed by atoms with Crippen LogP contribution in [0.4, 0.5) is 0 Å². The lowest BCUT2D eigenvalue weighted by molar-refractivity contribution is 1.41. The fourth-order valence-corrected chi connectivity index (χ4v) is 28.3. The maximum Gasteiger partial charge on any atom is 0.159 e. The number of hydrogen-bond donors (Lipinski definition) is 0. The van der Waals surface area contributed by atoms with Crippen LogP contribution in [0.15, 0.2) is 0 Å². The Morgan fingerprint density at radius 2 is 1.17 bits per heavy atom. The Morgan fingerprint density at radius 1 is 0.917 bits per heavy atom. The highest BCUT2D eigenvalue weighted by atomic mass is 35.6. The van der Waals surface area contributed by atoms with Gasteiger partial charge in [-0.2, -0.15) is 11.1 Å². The first-order chi connectivity index (χ1) is 5.07. The van der Waals surface area contributed by atoms with E-state index in [1.165, 1.54) is 0 Å². The van der Waals surface area contributed by atoms with E-state index in [0.717, 1.165) is 4.79 Å². The molecule has 0 unspecified atom stereocenters. The molecule has 0 aromatic rings. The molecule has 0 aliphatic heterocycles. The van der Waals surface area contributed by atoms with Crippen LogP contribution in [0.25, 0.3) is 0 Å². The molecule has 12 heavy (non-hydrogen) atoms. The molecule has 0 N–H and O–H groups in total. The molecule has 0 fully saturated rings. The number of halogens is 1. The minimum atomic E-state index is -1.01. The van der Waals surface area contributed by atoms with Gasteiger partial charge in [0.25, 0.3) is 0 Å². The molecule has 0 rings (SSSR count). The van der Waals surface area contributed by atoms with Crippen molar-refractivity contribution in [1.82, 2.24) is 0 Å². The van der Waals surface area contributed by atoms with Crippen molar-refractivity contribution < 1.29 is 0 Å². The van der Waals surface area contributed by atoms with E-state index in [1.807, 2.05) is 0 Å². The molecule has 1 radical (unpaired) electrons. The van der Waals surface area contributed by atoms with Crippen molar-refractivity contribution in [1.29, 1.82) is 0 Å². The van der Waals surface area contributed by atoms with Crippen LogP contribution in [0, 0.1) is 0 Å². The molecule has 73 valence electrons. The Bertz CT molecular complexity index is 129. The monoisotopic (exact) mass is 237 g/mol. The minimum Gasteiger partial charge on any atom is -0.170 e. The first-order valence-electron chi connectivity index (χ1n) is 4.56. The summed E-state index contributed by atoms with van der Waals surface area (Å²) in [5, 5.41) is 0. The van der Waals surface area contributed by atoms with Gasteiger partial charge in [-0.25, -0.2) is 0 Å². The van der Waals surface area contributed by atoms with E-state index in [9.17, 15) is 0 Å². The molecular formula is C8H22ClSi3. The second-order valence-corrected chi connectivity index (χ2v) is 21.6. The van der Waals surface area contributed by atoms with Gasteiger partial charge >= 0.3 is 0 Å². The summed E-state index contributed by atoms with van der Waals surface area (Å²) in [4.78, 5) is 0.927. The second kappa shape index (κ2) is 3.98. The molecule has 0 aliphatic rings. The van der Waals surface area contributed by atoms with Crippen LogP contribution in [0.2, 0.25) is 50.6 Å². The van der Waals surface area contributed by atoms with Gasteiger partial charge < -0.3 is 0 Å². The first kappa shape index (κ1) is 12.9. The maximum atomic E-state index is 6.38. The lowest BCUT2D eigenvalue weighted by Gasteiger charge is -2.39. The van der Waals surface area contributed by atoms with Crippen LogP contribution in [0.3, 0.4) is 0 Å². The Labute approximate surface area is 86.0 Å². The lowest BCUT2D eigenvalue weighted by atomic mass is 11.7. The summed E-state index contributed by atoms with van der Waals surface area (Å²) in [7, 11) is -2.61. The predicted molar refractivity (Wildman–Crippen MR) is 67.9 cm³/mol. The van der Waals surface area contributed by atoms with Crippen molar-refractivity contribution in [2.75, 3.05) is 0 Å². The zero-order valence-corrected chi connectivity index (χ0v) is 13.2. The highest BCUT2D eigenvalue weighted by Crippen LogP contribution is 2.35. The van der Waals surface area contributed by atoms with Gasteiger partial charge in [0.05, 0.1) is 0 Å². The molecule has 0 saturated heterocycles. The van der Waals surface area contributed by atoms with Gasteiger partial charge in [-0.1, -0.05) is 45.8 Å². The van der Waals surface area contributed by atoms with Gasteiger partial charge in [0.1, 0.15) is 0 Å². The highest BCUT2D eigenvalue weighted by molar-refractivity contribution is 7.22. The Hall–Kier alpha value is 0.941. The zero-order chi connectivity index (χ0) is 10.2. The van der Waals surface area contributed by atoms with Crippen LogP contribution in [0.5, 0.6) is 0 Å². The first-order valence-corrected chi connectivity index (χ1v) is 14.8. The fraction of sp³-hybridized carbons (Fsp3) is 1.00. The van der Waals surface area contributed by atoms with Crippen molar-refractivity contribution in [3.8, 4) is 0 Å². The SMILES string of the molecule is C[Si](Cl)C([Si](C)(C)C)[Si](C)(C)C. The third-order valence-corrected chi connectivity index (χ3v) is 21.1. The summed E-state index contributed by atoms with van der Waals surface area (Å²) >= 11 is 6.38. The van der Waals surface area contributed by atoms with Gasteiger partial charge in [-0.15, -0.1) is 0 Å². The van der Waals surface area contributed by atoms with Gasteiger partial charge in [0, 0.05) is 16.1 Å². The van der Waals surface area contributed by atoms with E-state index < -0.39 is 24.3 Å². The molecule has 0 aromatic carbocycles. The molecule has 0 spiro atoms. The fourth-order valence-electron chi connectivity index (χ4n) is 2.49. The van der Waals surface area contributed by atoms with Gasteiger partial charge in [0.2, 0.25) is 0 Å². The lowest BCUT2D eigenvalue weighted by Crippen LogP contribution is -2.49. The van der Waals surface area contributed by atoms with Crippen LogP contribution in [-0.4, -0.2) is 24.3 Å². The quantitative estimate of drug-likeness (QED) is 0.515. The molecule has 0 atom stereocenters. The molecule has 0 nitrogen and oxygen atoms in total. The molecule has 0 bridgehead atoms. The average molecular weight is 238 g/mol. The molecule has 0 aromatic heterocycles. The van der Waals surface area contributed by atoms with Gasteiger partial charge in [0.15, 0.2) is 8.11 Å². The third-order valence-electron chi connectivity index (χ3n) is 2.13. The highest BCUT2D eigenvalue weighted by Gasteiger charge is 2.41. The topological polar surface area (TPSA) is 0 Å². The Morgan fingerprint density at radius 3 is 1.17 bits per heavy atom.